The Hall–Kier alpha value is -1.70. The summed E-state index contributed by atoms with van der Waals surface area (Å²) >= 11 is 0.547. The van der Waals surface area contributed by atoms with Crippen molar-refractivity contribution in [2.24, 2.45) is 0 Å². The van der Waals surface area contributed by atoms with Gasteiger partial charge in [-0.1, -0.05) is 30.3 Å². The van der Waals surface area contributed by atoms with Crippen LogP contribution in [-0.4, -0.2) is 55.4 Å². The fourth-order valence-corrected chi connectivity index (χ4v) is 3.84. The Kier molecular flexibility index (Phi) is 5.27. The van der Waals surface area contributed by atoms with Crippen molar-refractivity contribution in [3.63, 3.8) is 0 Å². The van der Waals surface area contributed by atoms with Crippen molar-refractivity contribution in [1.29, 1.82) is 0 Å². The van der Waals surface area contributed by atoms with Crippen molar-refractivity contribution < 1.29 is 18.0 Å². The quantitative estimate of drug-likeness (QED) is 0.766. The molecule has 3 nitrogen and oxygen atoms in total. The summed E-state index contributed by atoms with van der Waals surface area (Å²) in [5.74, 6) is -0.248. The van der Waals surface area contributed by atoms with Crippen LogP contribution in [0.5, 0.6) is 0 Å². The lowest BCUT2D eigenvalue weighted by Gasteiger charge is -2.31. The van der Waals surface area contributed by atoms with Gasteiger partial charge in [-0.05, 0) is 18.7 Å². The molecule has 0 radical (unpaired) electrons. The van der Waals surface area contributed by atoms with E-state index < -0.39 is 11.1 Å². The van der Waals surface area contributed by atoms with E-state index in [1.165, 1.54) is 6.07 Å². The number of carbonyl (C=O) groups excluding carboxylic acids is 1. The van der Waals surface area contributed by atoms with Crippen molar-refractivity contribution in [2.75, 3.05) is 39.8 Å². The Balaban J connectivity index is 1.85. The van der Waals surface area contributed by atoms with Crippen LogP contribution in [0.4, 0.5) is 13.2 Å². The minimum atomic E-state index is -4.47. The number of alkyl halides is 3. The largest absolute Gasteiger partial charge is 0.426 e. The molecule has 0 bridgehead atoms. The lowest BCUT2D eigenvalue weighted by molar-refractivity contribution is -0.133. The summed E-state index contributed by atoms with van der Waals surface area (Å²) < 4.78 is 40.2. The molecule has 0 N–H and O–H groups in total. The van der Waals surface area contributed by atoms with Crippen LogP contribution >= 0.6 is 11.3 Å². The molecule has 1 aliphatic rings. The van der Waals surface area contributed by atoms with E-state index in [0.717, 1.165) is 26.2 Å². The first kappa shape index (κ1) is 18.1. The number of hydrogen-bond acceptors (Lipinski definition) is 4. The number of nitrogens with zero attached hydrogens (tertiary/aromatic N) is 2. The van der Waals surface area contributed by atoms with E-state index in [0.29, 0.717) is 16.9 Å². The van der Waals surface area contributed by atoms with Gasteiger partial charge in [0, 0.05) is 31.7 Å². The Morgan fingerprint density at radius 1 is 1.12 bits per heavy atom. The topological polar surface area (TPSA) is 23.6 Å². The number of halogens is 3. The average Bonchev–Trinajstić information content (AvgIpc) is 3.04. The number of Topliss-reactive ketones (excluding diaryl/α,β-unsaturated/α-hetero) is 1. The highest BCUT2D eigenvalue weighted by molar-refractivity contribution is 7.14. The van der Waals surface area contributed by atoms with E-state index in [-0.39, 0.29) is 22.8 Å². The third-order valence-electron chi connectivity index (χ3n) is 4.31. The Morgan fingerprint density at radius 2 is 1.76 bits per heavy atom. The molecule has 134 valence electrons. The Morgan fingerprint density at radius 3 is 2.36 bits per heavy atom. The molecule has 0 aliphatic carbocycles. The normalized spacial score (nSPS) is 17.0. The molecule has 1 saturated heterocycles. The van der Waals surface area contributed by atoms with Gasteiger partial charge in [0.25, 0.3) is 0 Å². The van der Waals surface area contributed by atoms with Crippen LogP contribution in [0.3, 0.4) is 0 Å². The van der Waals surface area contributed by atoms with Gasteiger partial charge in [-0.15, -0.1) is 11.3 Å². The van der Waals surface area contributed by atoms with E-state index in [2.05, 4.69) is 4.90 Å². The zero-order chi connectivity index (χ0) is 18.0. The minimum absolute atomic E-state index is 0.0832. The highest BCUT2D eigenvalue weighted by Crippen LogP contribution is 2.42. The van der Waals surface area contributed by atoms with Crippen molar-refractivity contribution in [2.45, 2.75) is 6.18 Å². The number of thiophene rings is 1. The number of ketones is 1. The van der Waals surface area contributed by atoms with Crippen LogP contribution in [0, 0.1) is 0 Å². The van der Waals surface area contributed by atoms with Crippen LogP contribution in [0.25, 0.3) is 11.1 Å². The van der Waals surface area contributed by atoms with Gasteiger partial charge < -0.3 is 4.90 Å². The van der Waals surface area contributed by atoms with Gasteiger partial charge in [0.05, 0.1) is 11.4 Å². The third kappa shape index (κ3) is 4.29. The Bertz CT molecular complexity index is 735. The smallest absolute Gasteiger partial charge is 0.304 e. The van der Waals surface area contributed by atoms with Crippen LogP contribution in [0.15, 0.2) is 36.4 Å². The van der Waals surface area contributed by atoms with Gasteiger partial charge in [-0.3, -0.25) is 9.69 Å². The molecule has 0 atom stereocenters. The molecule has 2 heterocycles. The van der Waals surface area contributed by atoms with Gasteiger partial charge in [0.1, 0.15) is 4.88 Å². The molecule has 1 aromatic carbocycles. The number of carbonyl (C=O) groups is 1. The second-order valence-electron chi connectivity index (χ2n) is 6.22. The summed E-state index contributed by atoms with van der Waals surface area (Å²) in [6.07, 6.45) is -4.47. The zero-order valence-corrected chi connectivity index (χ0v) is 14.7. The molecule has 1 aromatic heterocycles. The van der Waals surface area contributed by atoms with Crippen molar-refractivity contribution in [1.82, 2.24) is 9.80 Å². The predicted octanol–water partition coefficient (Wildman–Crippen LogP) is 3.86. The first-order chi connectivity index (χ1) is 11.8. The van der Waals surface area contributed by atoms with Gasteiger partial charge in [-0.25, -0.2) is 0 Å². The van der Waals surface area contributed by atoms with E-state index >= 15 is 0 Å². The number of piperazine rings is 1. The molecule has 1 fully saturated rings. The molecule has 0 unspecified atom stereocenters. The van der Waals surface area contributed by atoms with E-state index in [9.17, 15) is 18.0 Å². The van der Waals surface area contributed by atoms with Gasteiger partial charge in [-0.2, -0.15) is 13.2 Å². The molecule has 2 aromatic rings. The maximum atomic E-state index is 13.4. The average molecular weight is 368 g/mol. The minimum Gasteiger partial charge on any atom is -0.304 e. The van der Waals surface area contributed by atoms with Gasteiger partial charge >= 0.3 is 6.18 Å². The highest BCUT2D eigenvalue weighted by atomic mass is 32.1. The summed E-state index contributed by atoms with van der Waals surface area (Å²) in [5, 5.41) is 0. The molecule has 0 amide bonds. The summed E-state index contributed by atoms with van der Waals surface area (Å²) in [4.78, 5) is 16.1. The molecule has 0 saturated carbocycles. The van der Waals surface area contributed by atoms with E-state index in [1.54, 1.807) is 30.3 Å². The fourth-order valence-electron chi connectivity index (χ4n) is 2.86. The lowest BCUT2D eigenvalue weighted by Crippen LogP contribution is -2.46. The second-order valence-corrected chi connectivity index (χ2v) is 7.27. The van der Waals surface area contributed by atoms with Crippen molar-refractivity contribution in [3.05, 3.63) is 46.2 Å². The lowest BCUT2D eigenvalue weighted by atomic mass is 10.1. The molecule has 25 heavy (non-hydrogen) atoms. The van der Waals surface area contributed by atoms with E-state index in [1.807, 2.05) is 11.9 Å². The molecular formula is C18H19F3N2OS. The first-order valence-electron chi connectivity index (χ1n) is 8.05. The maximum Gasteiger partial charge on any atom is 0.426 e. The van der Waals surface area contributed by atoms with Crippen LogP contribution in [0.2, 0.25) is 0 Å². The first-order valence-corrected chi connectivity index (χ1v) is 8.87. The zero-order valence-electron chi connectivity index (χ0n) is 13.8. The number of likely N-dealkylation sites (N-methyl/N-ethyl adjacent to an activating group) is 1. The fraction of sp³-hybridized carbons (Fsp3) is 0.389. The summed E-state index contributed by atoms with van der Waals surface area (Å²) in [6.45, 7) is 3.40. The van der Waals surface area contributed by atoms with Crippen LogP contribution < -0.4 is 0 Å². The molecule has 7 heteroatoms. The van der Waals surface area contributed by atoms with Gasteiger partial charge in [0.2, 0.25) is 0 Å². The molecule has 3 rings (SSSR count). The number of benzene rings is 1. The maximum absolute atomic E-state index is 13.4. The third-order valence-corrected chi connectivity index (χ3v) is 5.53. The standard InChI is InChI=1S/C18H19F3N2OS/c1-22-7-9-23(10-8-22)12-15(24)16-11-14(13-5-3-2-4-6-13)17(25-16)18(19,20)21/h2-6,11H,7-10,12H2,1H3. The molecule has 1 aliphatic heterocycles. The van der Waals surface area contributed by atoms with Crippen molar-refractivity contribution >= 4 is 17.1 Å². The monoisotopic (exact) mass is 368 g/mol. The number of hydrogen-bond donors (Lipinski definition) is 0. The SMILES string of the molecule is CN1CCN(CC(=O)c2cc(-c3ccccc3)c(C(F)(F)F)s2)CC1. The summed E-state index contributed by atoms with van der Waals surface area (Å²) in [7, 11) is 2.01. The predicted molar refractivity (Wildman–Crippen MR) is 93.0 cm³/mol. The molecule has 0 spiro atoms. The van der Waals surface area contributed by atoms with E-state index in [4.69, 9.17) is 0 Å². The Labute approximate surface area is 148 Å². The van der Waals surface area contributed by atoms with Crippen LogP contribution in [-0.2, 0) is 6.18 Å². The molecular weight excluding hydrogens is 349 g/mol. The van der Waals surface area contributed by atoms with Crippen molar-refractivity contribution in [3.8, 4) is 11.1 Å². The second kappa shape index (κ2) is 7.27. The van der Waals surface area contributed by atoms with Crippen LogP contribution in [0.1, 0.15) is 14.5 Å². The van der Waals surface area contributed by atoms with Gasteiger partial charge in [0.15, 0.2) is 5.78 Å². The number of rotatable bonds is 4. The summed E-state index contributed by atoms with van der Waals surface area (Å²) in [5.41, 5.74) is 0.560. The highest BCUT2D eigenvalue weighted by Gasteiger charge is 2.37. The summed E-state index contributed by atoms with van der Waals surface area (Å²) in [6, 6.07) is 9.79.